The highest BCUT2D eigenvalue weighted by atomic mass is 35.5. The molecule has 0 aliphatic carbocycles. The van der Waals surface area contributed by atoms with Gasteiger partial charge in [0.1, 0.15) is 11.9 Å². The molecular weight excluding hydrogens is 307 g/mol. The van der Waals surface area contributed by atoms with Crippen molar-refractivity contribution in [1.82, 2.24) is 5.32 Å². The second-order valence-electron chi connectivity index (χ2n) is 4.72. The van der Waals surface area contributed by atoms with E-state index in [1.54, 1.807) is 0 Å². The average Bonchev–Trinajstić information content (AvgIpc) is 2.50. The number of nitrogens with two attached hydrogens (primary N) is 1. The van der Waals surface area contributed by atoms with Crippen molar-refractivity contribution >= 4 is 23.4 Å². The van der Waals surface area contributed by atoms with E-state index in [-0.39, 0.29) is 17.0 Å². The van der Waals surface area contributed by atoms with Crippen molar-refractivity contribution in [3.63, 3.8) is 0 Å². The maximum absolute atomic E-state index is 13.4. The van der Waals surface area contributed by atoms with Crippen LogP contribution in [0.1, 0.15) is 15.9 Å². The molecule has 6 heteroatoms. The summed E-state index contributed by atoms with van der Waals surface area (Å²) in [5.41, 5.74) is 6.12. The predicted octanol–water partition coefficient (Wildman–Crippen LogP) is 2.31. The second-order valence-corrected chi connectivity index (χ2v) is 5.10. The Morgan fingerprint density at radius 1 is 1.14 bits per heavy atom. The van der Waals surface area contributed by atoms with Crippen LogP contribution in [0.15, 0.2) is 48.5 Å². The van der Waals surface area contributed by atoms with Crippen molar-refractivity contribution < 1.29 is 14.0 Å². The summed E-state index contributed by atoms with van der Waals surface area (Å²) in [6, 6.07) is 12.1. The minimum Gasteiger partial charge on any atom is -0.368 e. The number of carbonyl (C=O) groups excluding carboxylic acids is 2. The SMILES string of the molecule is NC(=O)[C@H](Cc1ccccc1)NC(=O)c1cccc(F)c1Cl. The van der Waals surface area contributed by atoms with Crippen LogP contribution in [0.5, 0.6) is 0 Å². The van der Waals surface area contributed by atoms with Crippen molar-refractivity contribution in [3.05, 3.63) is 70.5 Å². The fraction of sp³-hybridized carbons (Fsp3) is 0.125. The summed E-state index contributed by atoms with van der Waals surface area (Å²) in [4.78, 5) is 23.7. The van der Waals surface area contributed by atoms with Gasteiger partial charge < -0.3 is 11.1 Å². The van der Waals surface area contributed by atoms with Crippen LogP contribution in [0.3, 0.4) is 0 Å². The Balaban J connectivity index is 2.16. The lowest BCUT2D eigenvalue weighted by atomic mass is 10.0. The van der Waals surface area contributed by atoms with E-state index < -0.39 is 23.7 Å². The van der Waals surface area contributed by atoms with Crippen LogP contribution in [0.25, 0.3) is 0 Å². The molecule has 0 aromatic heterocycles. The zero-order valence-electron chi connectivity index (χ0n) is 11.6. The van der Waals surface area contributed by atoms with Crippen LogP contribution < -0.4 is 11.1 Å². The Labute approximate surface area is 132 Å². The summed E-state index contributed by atoms with van der Waals surface area (Å²) in [5.74, 6) is -2.03. The molecule has 3 N–H and O–H groups in total. The number of primary amides is 1. The Kier molecular flexibility index (Phi) is 5.12. The van der Waals surface area contributed by atoms with E-state index in [0.717, 1.165) is 11.6 Å². The zero-order chi connectivity index (χ0) is 16.1. The topological polar surface area (TPSA) is 72.2 Å². The van der Waals surface area contributed by atoms with Gasteiger partial charge in [-0.15, -0.1) is 0 Å². The van der Waals surface area contributed by atoms with E-state index in [1.807, 2.05) is 30.3 Å². The second kappa shape index (κ2) is 7.04. The van der Waals surface area contributed by atoms with Gasteiger partial charge in [0.05, 0.1) is 10.6 Å². The van der Waals surface area contributed by atoms with E-state index >= 15 is 0 Å². The number of halogens is 2. The molecular formula is C16H14ClFN2O2. The van der Waals surface area contributed by atoms with Gasteiger partial charge in [-0.3, -0.25) is 9.59 Å². The molecule has 0 saturated carbocycles. The normalized spacial score (nSPS) is 11.7. The van der Waals surface area contributed by atoms with Crippen molar-refractivity contribution in [2.45, 2.75) is 12.5 Å². The molecule has 2 amide bonds. The number of nitrogens with one attached hydrogen (secondary N) is 1. The molecule has 0 spiro atoms. The number of hydrogen-bond acceptors (Lipinski definition) is 2. The van der Waals surface area contributed by atoms with Crippen molar-refractivity contribution in [3.8, 4) is 0 Å². The maximum atomic E-state index is 13.4. The smallest absolute Gasteiger partial charge is 0.253 e. The van der Waals surface area contributed by atoms with Gasteiger partial charge in [0.15, 0.2) is 0 Å². The first kappa shape index (κ1) is 16.0. The molecule has 0 heterocycles. The predicted molar refractivity (Wildman–Crippen MR) is 82.0 cm³/mol. The molecule has 0 aliphatic heterocycles. The molecule has 0 unspecified atom stereocenters. The zero-order valence-corrected chi connectivity index (χ0v) is 12.3. The fourth-order valence-electron chi connectivity index (χ4n) is 1.99. The van der Waals surface area contributed by atoms with Crippen LogP contribution in [-0.2, 0) is 11.2 Å². The minimum atomic E-state index is -0.908. The lowest BCUT2D eigenvalue weighted by Crippen LogP contribution is -2.45. The van der Waals surface area contributed by atoms with Gasteiger partial charge in [-0.05, 0) is 17.7 Å². The van der Waals surface area contributed by atoms with Crippen molar-refractivity contribution in [2.75, 3.05) is 0 Å². The lowest BCUT2D eigenvalue weighted by molar-refractivity contribution is -0.119. The monoisotopic (exact) mass is 320 g/mol. The summed E-state index contributed by atoms with van der Waals surface area (Å²) < 4.78 is 13.4. The van der Waals surface area contributed by atoms with Crippen LogP contribution in [-0.4, -0.2) is 17.9 Å². The van der Waals surface area contributed by atoms with Gasteiger partial charge in [-0.1, -0.05) is 48.0 Å². The molecule has 2 aromatic rings. The summed E-state index contributed by atoms with van der Waals surface area (Å²) in [6.45, 7) is 0. The summed E-state index contributed by atoms with van der Waals surface area (Å²) in [7, 11) is 0. The van der Waals surface area contributed by atoms with Gasteiger partial charge in [0.2, 0.25) is 5.91 Å². The first-order valence-corrected chi connectivity index (χ1v) is 6.95. The summed E-state index contributed by atoms with van der Waals surface area (Å²) >= 11 is 5.76. The summed E-state index contributed by atoms with van der Waals surface area (Å²) in [5, 5.41) is 2.20. The number of rotatable bonds is 5. The standard InChI is InChI=1S/C16H14ClFN2O2/c17-14-11(7-4-8-12(14)18)16(22)20-13(15(19)21)9-10-5-2-1-3-6-10/h1-8,13H,9H2,(H2,19,21)(H,20,22)/t13-/m0/s1. The van der Waals surface area contributed by atoms with E-state index in [2.05, 4.69) is 5.32 Å². The van der Waals surface area contributed by atoms with E-state index in [9.17, 15) is 14.0 Å². The molecule has 0 aliphatic rings. The highest BCUT2D eigenvalue weighted by Gasteiger charge is 2.21. The maximum Gasteiger partial charge on any atom is 0.253 e. The number of benzene rings is 2. The third-order valence-electron chi connectivity index (χ3n) is 3.13. The highest BCUT2D eigenvalue weighted by Crippen LogP contribution is 2.19. The molecule has 22 heavy (non-hydrogen) atoms. The number of carbonyl (C=O) groups is 2. The largest absolute Gasteiger partial charge is 0.368 e. The van der Waals surface area contributed by atoms with Gasteiger partial charge in [0.25, 0.3) is 5.91 Å². The molecule has 0 bridgehead atoms. The van der Waals surface area contributed by atoms with Crippen molar-refractivity contribution in [2.24, 2.45) is 5.73 Å². The molecule has 4 nitrogen and oxygen atoms in total. The van der Waals surface area contributed by atoms with E-state index in [4.69, 9.17) is 17.3 Å². The molecule has 2 aromatic carbocycles. The molecule has 0 saturated heterocycles. The molecule has 0 radical (unpaired) electrons. The van der Waals surface area contributed by atoms with Crippen LogP contribution in [0, 0.1) is 5.82 Å². The Hall–Kier alpha value is -2.40. The van der Waals surface area contributed by atoms with Crippen molar-refractivity contribution in [1.29, 1.82) is 0 Å². The van der Waals surface area contributed by atoms with Gasteiger partial charge in [0, 0.05) is 6.42 Å². The van der Waals surface area contributed by atoms with Gasteiger partial charge >= 0.3 is 0 Å². The van der Waals surface area contributed by atoms with Gasteiger partial charge in [-0.2, -0.15) is 0 Å². The van der Waals surface area contributed by atoms with E-state index in [1.165, 1.54) is 12.1 Å². The third-order valence-corrected chi connectivity index (χ3v) is 3.51. The van der Waals surface area contributed by atoms with Crippen LogP contribution in [0.4, 0.5) is 4.39 Å². The third kappa shape index (κ3) is 3.83. The molecule has 114 valence electrons. The molecule has 2 rings (SSSR count). The number of amides is 2. The van der Waals surface area contributed by atoms with E-state index in [0.29, 0.717) is 0 Å². The average molecular weight is 321 g/mol. The highest BCUT2D eigenvalue weighted by molar-refractivity contribution is 6.34. The first-order chi connectivity index (χ1) is 10.5. The quantitative estimate of drug-likeness (QED) is 0.887. The Bertz CT molecular complexity index is 692. The lowest BCUT2D eigenvalue weighted by Gasteiger charge is -2.16. The minimum absolute atomic E-state index is 0.0408. The Morgan fingerprint density at radius 3 is 2.45 bits per heavy atom. The van der Waals surface area contributed by atoms with Crippen LogP contribution >= 0.6 is 11.6 Å². The summed E-state index contributed by atoms with van der Waals surface area (Å²) in [6.07, 6.45) is 0.245. The first-order valence-electron chi connectivity index (χ1n) is 6.57. The van der Waals surface area contributed by atoms with Gasteiger partial charge in [-0.25, -0.2) is 4.39 Å². The number of hydrogen-bond donors (Lipinski definition) is 2. The van der Waals surface area contributed by atoms with Crippen LogP contribution in [0.2, 0.25) is 5.02 Å². The fourth-order valence-corrected chi connectivity index (χ4v) is 2.20. The molecule has 1 atom stereocenters. The Morgan fingerprint density at radius 2 is 1.82 bits per heavy atom. The molecule has 0 fully saturated rings.